The molecule has 4 rings (SSSR count). The van der Waals surface area contributed by atoms with Gasteiger partial charge in [0, 0.05) is 23.6 Å². The molecule has 3 aromatic rings. The molecule has 1 unspecified atom stereocenters. The molecule has 1 aromatic carbocycles. The number of benzene rings is 1. The van der Waals surface area contributed by atoms with E-state index in [-0.39, 0.29) is 30.2 Å². The van der Waals surface area contributed by atoms with E-state index in [1.54, 1.807) is 36.4 Å². The highest BCUT2D eigenvalue weighted by Gasteiger charge is 2.27. The second-order valence-corrected chi connectivity index (χ2v) is 9.23. The maximum Gasteiger partial charge on any atom is 0.265 e. The molecule has 1 aliphatic rings. The second-order valence-electron chi connectivity index (χ2n) is 8.28. The standard InChI is InChI=1S/C25H27N5O3S/c1-17-5-2-8-22(26-17)29-24(32)18-6-3-13-30(15-18)16-23(31)27-19-9-11-20(12-10-19)28-25(33)21-7-4-14-34-21/h2,4-5,7-12,14,18H,3,6,13,15-16H2,1H3,(H,27,31)(H,28,33)(H,26,29,32). The molecule has 0 saturated carbocycles. The number of hydrogen-bond acceptors (Lipinski definition) is 6. The maximum atomic E-state index is 12.7. The lowest BCUT2D eigenvalue weighted by Crippen LogP contribution is -2.44. The molecule has 3 heterocycles. The average molecular weight is 478 g/mol. The highest BCUT2D eigenvalue weighted by Crippen LogP contribution is 2.20. The first-order chi connectivity index (χ1) is 16.5. The number of aromatic nitrogens is 1. The van der Waals surface area contributed by atoms with E-state index in [1.165, 1.54) is 11.3 Å². The fourth-order valence-corrected chi connectivity index (χ4v) is 4.51. The molecular formula is C25H27N5O3S. The second kappa shape index (κ2) is 11.0. The maximum absolute atomic E-state index is 12.7. The molecule has 3 amide bonds. The van der Waals surface area contributed by atoms with Crippen molar-refractivity contribution < 1.29 is 14.4 Å². The number of carbonyl (C=O) groups excluding carboxylic acids is 3. The number of amides is 3. The van der Waals surface area contributed by atoms with E-state index >= 15 is 0 Å². The van der Waals surface area contributed by atoms with Crippen LogP contribution in [-0.4, -0.2) is 47.2 Å². The van der Waals surface area contributed by atoms with Gasteiger partial charge in [0.1, 0.15) is 5.82 Å². The van der Waals surface area contributed by atoms with Gasteiger partial charge in [0.2, 0.25) is 11.8 Å². The zero-order chi connectivity index (χ0) is 23.9. The van der Waals surface area contributed by atoms with E-state index in [2.05, 4.69) is 20.9 Å². The van der Waals surface area contributed by atoms with Crippen molar-refractivity contribution in [3.05, 3.63) is 70.5 Å². The number of nitrogens with zero attached hydrogens (tertiary/aromatic N) is 2. The molecule has 8 nitrogen and oxygen atoms in total. The molecule has 1 saturated heterocycles. The molecule has 2 aromatic heterocycles. The highest BCUT2D eigenvalue weighted by atomic mass is 32.1. The Balaban J connectivity index is 1.25. The van der Waals surface area contributed by atoms with Crippen LogP contribution in [0.25, 0.3) is 0 Å². The van der Waals surface area contributed by atoms with Gasteiger partial charge in [0.05, 0.1) is 17.3 Å². The molecule has 0 aliphatic carbocycles. The van der Waals surface area contributed by atoms with Crippen LogP contribution < -0.4 is 16.0 Å². The minimum Gasteiger partial charge on any atom is -0.325 e. The molecule has 0 radical (unpaired) electrons. The van der Waals surface area contributed by atoms with Crippen LogP contribution in [0.4, 0.5) is 17.2 Å². The molecule has 1 aliphatic heterocycles. The van der Waals surface area contributed by atoms with Crippen molar-refractivity contribution in [2.75, 3.05) is 35.6 Å². The summed E-state index contributed by atoms with van der Waals surface area (Å²) in [6.07, 6.45) is 1.64. The number of nitrogens with one attached hydrogen (secondary N) is 3. The third-order valence-electron chi connectivity index (χ3n) is 5.55. The lowest BCUT2D eigenvalue weighted by Gasteiger charge is -2.31. The third-order valence-corrected chi connectivity index (χ3v) is 6.42. The monoisotopic (exact) mass is 477 g/mol. The Bertz CT molecular complexity index is 1150. The van der Waals surface area contributed by atoms with Crippen LogP contribution in [0.3, 0.4) is 0 Å². The lowest BCUT2D eigenvalue weighted by atomic mass is 9.97. The number of piperidine rings is 1. The summed E-state index contributed by atoms with van der Waals surface area (Å²) in [7, 11) is 0. The lowest BCUT2D eigenvalue weighted by molar-refractivity contribution is -0.123. The highest BCUT2D eigenvalue weighted by molar-refractivity contribution is 7.12. The first-order valence-corrected chi connectivity index (χ1v) is 12.1. The van der Waals surface area contributed by atoms with E-state index < -0.39 is 0 Å². The number of anilines is 3. The van der Waals surface area contributed by atoms with Crippen LogP contribution in [0.2, 0.25) is 0 Å². The summed E-state index contributed by atoms with van der Waals surface area (Å²) in [6.45, 7) is 3.39. The molecule has 1 fully saturated rings. The summed E-state index contributed by atoms with van der Waals surface area (Å²) < 4.78 is 0. The Hall–Kier alpha value is -3.56. The van der Waals surface area contributed by atoms with E-state index in [0.717, 1.165) is 25.1 Å². The first kappa shape index (κ1) is 23.6. The Labute approximate surface area is 202 Å². The van der Waals surface area contributed by atoms with Gasteiger partial charge in [-0.3, -0.25) is 19.3 Å². The number of thiophene rings is 1. The molecule has 3 N–H and O–H groups in total. The van der Waals surface area contributed by atoms with Gasteiger partial charge in [-0.2, -0.15) is 0 Å². The smallest absolute Gasteiger partial charge is 0.265 e. The van der Waals surface area contributed by atoms with E-state index in [9.17, 15) is 14.4 Å². The van der Waals surface area contributed by atoms with E-state index in [4.69, 9.17) is 0 Å². The van der Waals surface area contributed by atoms with Crippen LogP contribution >= 0.6 is 11.3 Å². The number of aryl methyl sites for hydroxylation is 1. The van der Waals surface area contributed by atoms with Gasteiger partial charge in [-0.1, -0.05) is 12.1 Å². The van der Waals surface area contributed by atoms with Crippen molar-refractivity contribution in [1.29, 1.82) is 0 Å². The number of likely N-dealkylation sites (tertiary alicyclic amines) is 1. The topological polar surface area (TPSA) is 103 Å². The fourth-order valence-electron chi connectivity index (χ4n) is 3.90. The number of hydrogen-bond donors (Lipinski definition) is 3. The van der Waals surface area contributed by atoms with Crippen molar-refractivity contribution in [1.82, 2.24) is 9.88 Å². The zero-order valence-corrected chi connectivity index (χ0v) is 19.7. The SMILES string of the molecule is Cc1cccc(NC(=O)C2CCCN(CC(=O)Nc3ccc(NC(=O)c4cccs4)cc3)C2)n1. The molecule has 1 atom stereocenters. The fraction of sp³-hybridized carbons (Fsp3) is 0.280. The van der Waals surface area contributed by atoms with Gasteiger partial charge in [-0.05, 0) is 74.2 Å². The molecule has 9 heteroatoms. The van der Waals surface area contributed by atoms with Crippen molar-refractivity contribution in [2.24, 2.45) is 5.92 Å². The summed E-state index contributed by atoms with van der Waals surface area (Å²) in [4.78, 5) is 44.4. The predicted octanol–water partition coefficient (Wildman–Crippen LogP) is 3.99. The number of rotatable bonds is 7. The minimum absolute atomic E-state index is 0.0663. The summed E-state index contributed by atoms with van der Waals surface area (Å²) in [5.41, 5.74) is 2.15. The molecule has 0 spiro atoms. The quantitative estimate of drug-likeness (QED) is 0.477. The van der Waals surface area contributed by atoms with E-state index in [1.807, 2.05) is 35.4 Å². The van der Waals surface area contributed by atoms with E-state index in [0.29, 0.717) is 28.6 Å². The normalized spacial score (nSPS) is 16.0. The predicted molar refractivity (Wildman–Crippen MR) is 134 cm³/mol. The van der Waals surface area contributed by atoms with Crippen molar-refractivity contribution >= 4 is 46.3 Å². The van der Waals surface area contributed by atoms with Gasteiger partial charge in [-0.25, -0.2) is 4.98 Å². The average Bonchev–Trinajstić information content (AvgIpc) is 3.36. The molecular weight excluding hydrogens is 450 g/mol. The zero-order valence-electron chi connectivity index (χ0n) is 18.9. The van der Waals surface area contributed by atoms with Crippen molar-refractivity contribution in [3.63, 3.8) is 0 Å². The van der Waals surface area contributed by atoms with Crippen LogP contribution in [0, 0.1) is 12.8 Å². The first-order valence-electron chi connectivity index (χ1n) is 11.2. The van der Waals surface area contributed by atoms with Gasteiger partial charge >= 0.3 is 0 Å². The van der Waals surface area contributed by atoms with Crippen LogP contribution in [0.1, 0.15) is 28.2 Å². The van der Waals surface area contributed by atoms with Gasteiger partial charge < -0.3 is 16.0 Å². The Kier molecular flexibility index (Phi) is 7.66. The van der Waals surface area contributed by atoms with Gasteiger partial charge in [0.25, 0.3) is 5.91 Å². The largest absolute Gasteiger partial charge is 0.325 e. The Morgan fingerprint density at radius 2 is 1.76 bits per heavy atom. The summed E-state index contributed by atoms with van der Waals surface area (Å²) >= 11 is 1.38. The Morgan fingerprint density at radius 3 is 2.47 bits per heavy atom. The number of pyridine rings is 1. The molecule has 176 valence electrons. The van der Waals surface area contributed by atoms with Gasteiger partial charge in [0.15, 0.2) is 0 Å². The number of carbonyl (C=O) groups is 3. The minimum atomic E-state index is -0.185. The van der Waals surface area contributed by atoms with Gasteiger partial charge in [-0.15, -0.1) is 11.3 Å². The van der Waals surface area contributed by atoms with Crippen molar-refractivity contribution in [3.8, 4) is 0 Å². The summed E-state index contributed by atoms with van der Waals surface area (Å²) in [6, 6.07) is 16.1. The van der Waals surface area contributed by atoms with Crippen LogP contribution in [0.5, 0.6) is 0 Å². The third kappa shape index (κ3) is 6.49. The van der Waals surface area contributed by atoms with Crippen molar-refractivity contribution in [2.45, 2.75) is 19.8 Å². The Morgan fingerprint density at radius 1 is 1.00 bits per heavy atom. The summed E-state index contributed by atoms with van der Waals surface area (Å²) in [5, 5.41) is 10.5. The summed E-state index contributed by atoms with van der Waals surface area (Å²) in [5.74, 6) is -0.00109. The molecule has 34 heavy (non-hydrogen) atoms. The van der Waals surface area contributed by atoms with Crippen LogP contribution in [0.15, 0.2) is 60.0 Å². The molecule has 0 bridgehead atoms. The van der Waals surface area contributed by atoms with Crippen LogP contribution in [-0.2, 0) is 9.59 Å².